The fourth-order valence-corrected chi connectivity index (χ4v) is 3.30. The molecule has 1 heterocycles. The number of nitrogens with two attached hydrogens (primary N) is 1. The van der Waals surface area contributed by atoms with E-state index in [1.807, 2.05) is 0 Å². The number of rotatable bonds is 3. The van der Waals surface area contributed by atoms with Crippen molar-refractivity contribution in [3.05, 3.63) is 23.3 Å². The van der Waals surface area contributed by atoms with Crippen molar-refractivity contribution < 1.29 is 5.11 Å². The molecule has 3 heteroatoms. The standard InChI is InChI=1S/C16H26N2O/c1-11-8-15-13(9-14(11)17)12(2)10-16(3,4)18(15)6-5-7-19/h8-9,12,19H,5-7,10,17H2,1-4H3. The van der Waals surface area contributed by atoms with Crippen LogP contribution in [0.4, 0.5) is 11.4 Å². The van der Waals surface area contributed by atoms with E-state index in [-0.39, 0.29) is 12.1 Å². The predicted octanol–water partition coefficient (Wildman–Crippen LogP) is 3.05. The lowest BCUT2D eigenvalue weighted by atomic mass is 9.79. The first-order valence-corrected chi connectivity index (χ1v) is 7.15. The van der Waals surface area contributed by atoms with Crippen LogP contribution < -0.4 is 10.6 Å². The van der Waals surface area contributed by atoms with Crippen LogP contribution in [-0.4, -0.2) is 23.8 Å². The van der Waals surface area contributed by atoms with Crippen molar-refractivity contribution in [2.45, 2.75) is 52.0 Å². The van der Waals surface area contributed by atoms with Gasteiger partial charge in [0.25, 0.3) is 0 Å². The molecule has 0 saturated heterocycles. The van der Waals surface area contributed by atoms with Gasteiger partial charge in [-0.15, -0.1) is 0 Å². The summed E-state index contributed by atoms with van der Waals surface area (Å²) in [5.74, 6) is 0.526. The largest absolute Gasteiger partial charge is 0.399 e. The minimum Gasteiger partial charge on any atom is -0.399 e. The van der Waals surface area contributed by atoms with Crippen LogP contribution in [0.15, 0.2) is 12.1 Å². The third-order valence-corrected chi connectivity index (χ3v) is 4.31. The van der Waals surface area contributed by atoms with Crippen molar-refractivity contribution in [3.63, 3.8) is 0 Å². The lowest BCUT2D eigenvalue weighted by molar-refractivity contribution is 0.280. The van der Waals surface area contributed by atoms with E-state index in [9.17, 15) is 0 Å². The molecule has 0 amide bonds. The Labute approximate surface area is 116 Å². The van der Waals surface area contributed by atoms with E-state index in [0.29, 0.717) is 5.92 Å². The van der Waals surface area contributed by atoms with Crippen molar-refractivity contribution >= 4 is 11.4 Å². The zero-order valence-corrected chi connectivity index (χ0v) is 12.5. The lowest BCUT2D eigenvalue weighted by Gasteiger charge is -2.48. The Hall–Kier alpha value is -1.22. The van der Waals surface area contributed by atoms with Crippen LogP contribution in [-0.2, 0) is 0 Å². The van der Waals surface area contributed by atoms with Crippen LogP contribution in [0.5, 0.6) is 0 Å². The molecule has 1 aliphatic heterocycles. The van der Waals surface area contributed by atoms with Gasteiger partial charge in [-0.2, -0.15) is 0 Å². The molecule has 106 valence electrons. The van der Waals surface area contributed by atoms with E-state index < -0.39 is 0 Å². The molecule has 0 aliphatic carbocycles. The first-order valence-electron chi connectivity index (χ1n) is 7.15. The van der Waals surface area contributed by atoms with E-state index in [2.05, 4.69) is 44.7 Å². The van der Waals surface area contributed by atoms with E-state index in [4.69, 9.17) is 10.8 Å². The van der Waals surface area contributed by atoms with Crippen molar-refractivity contribution in [3.8, 4) is 0 Å². The van der Waals surface area contributed by atoms with Gasteiger partial charge in [0.05, 0.1) is 0 Å². The maximum Gasteiger partial charge on any atom is 0.0447 e. The maximum atomic E-state index is 9.12. The lowest BCUT2D eigenvalue weighted by Crippen LogP contribution is -2.49. The third kappa shape index (κ3) is 2.57. The number of aliphatic hydroxyl groups is 1. The zero-order valence-electron chi connectivity index (χ0n) is 12.5. The fourth-order valence-electron chi connectivity index (χ4n) is 3.30. The topological polar surface area (TPSA) is 49.5 Å². The highest BCUT2D eigenvalue weighted by molar-refractivity contribution is 5.67. The zero-order chi connectivity index (χ0) is 14.2. The minimum absolute atomic E-state index is 0.129. The summed E-state index contributed by atoms with van der Waals surface area (Å²) in [7, 11) is 0. The van der Waals surface area contributed by atoms with Gasteiger partial charge in [-0.1, -0.05) is 6.92 Å². The molecular weight excluding hydrogens is 236 g/mol. The molecule has 3 nitrogen and oxygen atoms in total. The monoisotopic (exact) mass is 262 g/mol. The summed E-state index contributed by atoms with van der Waals surface area (Å²) in [6.45, 7) is 10.0. The summed E-state index contributed by atoms with van der Waals surface area (Å²) in [5, 5.41) is 9.12. The first-order chi connectivity index (χ1) is 8.86. The summed E-state index contributed by atoms with van der Waals surface area (Å²) in [4.78, 5) is 2.44. The molecule has 0 radical (unpaired) electrons. The Kier molecular flexibility index (Phi) is 3.77. The Morgan fingerprint density at radius 3 is 2.74 bits per heavy atom. The van der Waals surface area contributed by atoms with Crippen molar-refractivity contribution in [2.75, 3.05) is 23.8 Å². The molecule has 0 saturated carbocycles. The second-order valence-electron chi connectivity index (χ2n) is 6.41. The summed E-state index contributed by atoms with van der Waals surface area (Å²) in [6, 6.07) is 4.34. The number of nitrogen functional groups attached to an aromatic ring is 1. The van der Waals surface area contributed by atoms with Crippen molar-refractivity contribution in [1.82, 2.24) is 0 Å². The average molecular weight is 262 g/mol. The normalized spacial score (nSPS) is 21.3. The number of anilines is 2. The quantitative estimate of drug-likeness (QED) is 0.823. The molecule has 1 aliphatic rings. The van der Waals surface area contributed by atoms with Crippen LogP contribution >= 0.6 is 0 Å². The number of benzene rings is 1. The molecule has 3 N–H and O–H groups in total. The van der Waals surface area contributed by atoms with E-state index in [0.717, 1.165) is 30.6 Å². The summed E-state index contributed by atoms with van der Waals surface area (Å²) >= 11 is 0. The Morgan fingerprint density at radius 2 is 2.11 bits per heavy atom. The van der Waals surface area contributed by atoms with Crippen molar-refractivity contribution in [2.24, 2.45) is 0 Å². The van der Waals surface area contributed by atoms with Crippen LogP contribution in [0, 0.1) is 6.92 Å². The van der Waals surface area contributed by atoms with Crippen LogP contribution in [0.2, 0.25) is 0 Å². The average Bonchev–Trinajstić information content (AvgIpc) is 2.31. The second kappa shape index (κ2) is 5.04. The van der Waals surface area contributed by atoms with Gasteiger partial charge < -0.3 is 15.7 Å². The van der Waals surface area contributed by atoms with Crippen LogP contribution in [0.3, 0.4) is 0 Å². The van der Waals surface area contributed by atoms with Crippen LogP contribution in [0.25, 0.3) is 0 Å². The predicted molar refractivity (Wildman–Crippen MR) is 81.8 cm³/mol. The number of nitrogens with zero attached hydrogens (tertiary/aromatic N) is 1. The first kappa shape index (κ1) is 14.2. The summed E-state index contributed by atoms with van der Waals surface area (Å²) in [6.07, 6.45) is 1.93. The number of aryl methyl sites for hydroxylation is 1. The molecule has 0 fully saturated rings. The fraction of sp³-hybridized carbons (Fsp3) is 0.625. The molecule has 0 aromatic heterocycles. The highest BCUT2D eigenvalue weighted by Gasteiger charge is 2.36. The molecule has 2 rings (SSSR count). The molecule has 1 unspecified atom stereocenters. The molecule has 1 atom stereocenters. The van der Waals surface area contributed by atoms with Gasteiger partial charge in [0, 0.05) is 30.1 Å². The molecule has 1 aromatic rings. The smallest absolute Gasteiger partial charge is 0.0447 e. The van der Waals surface area contributed by atoms with Gasteiger partial charge in [0.15, 0.2) is 0 Å². The highest BCUT2D eigenvalue weighted by atomic mass is 16.3. The van der Waals surface area contributed by atoms with Crippen molar-refractivity contribution in [1.29, 1.82) is 0 Å². The van der Waals surface area contributed by atoms with E-state index >= 15 is 0 Å². The molecule has 0 bridgehead atoms. The van der Waals surface area contributed by atoms with E-state index in [1.165, 1.54) is 11.3 Å². The van der Waals surface area contributed by atoms with Gasteiger partial charge in [0.2, 0.25) is 0 Å². The SMILES string of the molecule is Cc1cc2c(cc1N)C(C)CC(C)(C)N2CCCO. The number of aliphatic hydroxyl groups excluding tert-OH is 1. The van der Waals surface area contributed by atoms with Gasteiger partial charge in [0.1, 0.15) is 0 Å². The van der Waals surface area contributed by atoms with Gasteiger partial charge >= 0.3 is 0 Å². The third-order valence-electron chi connectivity index (χ3n) is 4.31. The number of hydrogen-bond acceptors (Lipinski definition) is 3. The number of hydrogen-bond donors (Lipinski definition) is 2. The second-order valence-corrected chi connectivity index (χ2v) is 6.41. The Morgan fingerprint density at radius 1 is 1.42 bits per heavy atom. The molecule has 19 heavy (non-hydrogen) atoms. The minimum atomic E-state index is 0.129. The summed E-state index contributed by atoms with van der Waals surface area (Å²) in [5.41, 5.74) is 10.9. The van der Waals surface area contributed by atoms with Crippen LogP contribution in [0.1, 0.15) is 50.7 Å². The van der Waals surface area contributed by atoms with Gasteiger partial charge in [-0.25, -0.2) is 0 Å². The van der Waals surface area contributed by atoms with Gasteiger partial charge in [-0.3, -0.25) is 0 Å². The molecular formula is C16H26N2O. The highest BCUT2D eigenvalue weighted by Crippen LogP contribution is 2.44. The van der Waals surface area contributed by atoms with E-state index in [1.54, 1.807) is 0 Å². The Bertz CT molecular complexity index is 468. The molecule has 1 aromatic carbocycles. The van der Waals surface area contributed by atoms with Gasteiger partial charge in [-0.05, 0) is 62.8 Å². The molecule has 0 spiro atoms. The number of fused-ring (bicyclic) bond motifs is 1. The maximum absolute atomic E-state index is 9.12. The summed E-state index contributed by atoms with van der Waals surface area (Å²) < 4.78 is 0. The Balaban J connectivity index is 2.48.